The van der Waals surface area contributed by atoms with Crippen LogP contribution in [0.4, 0.5) is 0 Å². The van der Waals surface area contributed by atoms with Gasteiger partial charge in [-0.05, 0) is 71.4 Å². The maximum atomic E-state index is 13.1. The number of primary sulfonamides is 1. The van der Waals surface area contributed by atoms with Crippen molar-refractivity contribution in [3.8, 4) is 11.3 Å². The second-order valence-electron chi connectivity index (χ2n) is 12.2. The van der Waals surface area contributed by atoms with E-state index in [1.807, 2.05) is 6.92 Å². The van der Waals surface area contributed by atoms with Crippen LogP contribution in [0.3, 0.4) is 0 Å². The molecule has 2 aromatic rings. The van der Waals surface area contributed by atoms with Crippen LogP contribution < -0.4 is 10.5 Å². The number of carbonyl (C=O) groups excluding carboxylic acids is 1. The number of rotatable bonds is 5. The summed E-state index contributed by atoms with van der Waals surface area (Å²) < 4.78 is 27.1. The first-order valence-corrected chi connectivity index (χ1v) is 14.2. The van der Waals surface area contributed by atoms with Crippen LogP contribution >= 0.6 is 0 Å². The second-order valence-corrected chi connectivity index (χ2v) is 13.7. The summed E-state index contributed by atoms with van der Waals surface area (Å²) in [4.78, 5) is 13.3. The van der Waals surface area contributed by atoms with Gasteiger partial charge in [0.2, 0.25) is 10.0 Å². The van der Waals surface area contributed by atoms with Crippen LogP contribution in [0.1, 0.15) is 101 Å². The zero-order valence-electron chi connectivity index (χ0n) is 22.7. The molecule has 3 rings (SSSR count). The van der Waals surface area contributed by atoms with Crippen molar-refractivity contribution >= 4 is 15.9 Å². The Hall–Kier alpha value is -2.12. The summed E-state index contributed by atoms with van der Waals surface area (Å²) in [6, 6.07) is 5.86. The van der Waals surface area contributed by atoms with Gasteiger partial charge in [0.25, 0.3) is 5.91 Å². The Morgan fingerprint density at radius 3 is 1.94 bits per heavy atom. The smallest absolute Gasteiger partial charge is 0.251 e. The molecule has 1 fully saturated rings. The maximum absolute atomic E-state index is 13.1. The molecule has 1 aliphatic rings. The fraction of sp³-hybridized carbons (Fsp3) is 0.607. The van der Waals surface area contributed by atoms with E-state index in [1.165, 1.54) is 19.3 Å². The van der Waals surface area contributed by atoms with Gasteiger partial charge in [-0.25, -0.2) is 13.6 Å². The summed E-state index contributed by atoms with van der Waals surface area (Å²) in [5.74, 6) is 0.404. The van der Waals surface area contributed by atoms with Gasteiger partial charge in [-0.2, -0.15) is 0 Å². The van der Waals surface area contributed by atoms with E-state index in [0.717, 1.165) is 41.8 Å². The highest BCUT2D eigenvalue weighted by Gasteiger charge is 2.31. The van der Waals surface area contributed by atoms with Crippen molar-refractivity contribution in [3.63, 3.8) is 0 Å². The van der Waals surface area contributed by atoms with Crippen LogP contribution in [-0.2, 0) is 27.4 Å². The van der Waals surface area contributed by atoms with E-state index >= 15 is 0 Å². The number of carbonyl (C=O) groups is 1. The fourth-order valence-corrected chi connectivity index (χ4v) is 6.15. The van der Waals surface area contributed by atoms with Crippen molar-refractivity contribution in [1.82, 2.24) is 9.88 Å². The SMILES string of the molecule is CNC(=O)c1c(C(C)(C)C)cc(-c2cc(S(N)(=O)=O)c(C)n2CC2CCCCC2)cc1C(C)(C)C. The Morgan fingerprint density at radius 2 is 1.51 bits per heavy atom. The van der Waals surface area contributed by atoms with Crippen LogP contribution in [0, 0.1) is 12.8 Å². The van der Waals surface area contributed by atoms with Gasteiger partial charge in [-0.1, -0.05) is 60.8 Å². The van der Waals surface area contributed by atoms with Crippen molar-refractivity contribution in [2.75, 3.05) is 7.05 Å². The van der Waals surface area contributed by atoms with Crippen molar-refractivity contribution in [1.29, 1.82) is 0 Å². The topological polar surface area (TPSA) is 94.2 Å². The minimum Gasteiger partial charge on any atom is -0.355 e. The molecular weight excluding hydrogens is 458 g/mol. The normalized spacial score (nSPS) is 15.9. The Bertz CT molecular complexity index is 1170. The third-order valence-corrected chi connectivity index (χ3v) is 8.32. The number of hydrogen-bond acceptors (Lipinski definition) is 3. The summed E-state index contributed by atoms with van der Waals surface area (Å²) in [5, 5.41) is 8.46. The molecular formula is C28H43N3O3S. The van der Waals surface area contributed by atoms with E-state index < -0.39 is 10.0 Å². The standard InChI is InChI=1S/C28H43N3O3S/c1-18-24(35(29,33)34)16-23(31(18)17-19-12-10-9-11-13-19)20-14-21(27(2,3)4)25(26(32)30-8)22(15-20)28(5,6)7/h14-16,19H,9-13,17H2,1-8H3,(H,30,32)(H2,29,33,34). The first kappa shape index (κ1) is 27.5. The molecule has 1 amide bonds. The summed E-state index contributed by atoms with van der Waals surface area (Å²) in [7, 11) is -2.21. The third kappa shape index (κ3) is 5.83. The number of nitrogens with two attached hydrogens (primary N) is 1. The third-order valence-electron chi connectivity index (χ3n) is 7.30. The average Bonchev–Trinajstić information content (AvgIpc) is 3.08. The van der Waals surface area contributed by atoms with Gasteiger partial charge in [-0.15, -0.1) is 0 Å². The number of nitrogens with zero attached hydrogens (tertiary/aromatic N) is 1. The molecule has 3 N–H and O–H groups in total. The number of nitrogens with one attached hydrogen (secondary N) is 1. The second kappa shape index (κ2) is 9.74. The van der Waals surface area contributed by atoms with Gasteiger partial charge in [-0.3, -0.25) is 4.79 Å². The quantitative estimate of drug-likeness (QED) is 0.555. The number of sulfonamides is 1. The molecule has 1 aromatic carbocycles. The van der Waals surface area contributed by atoms with E-state index in [2.05, 4.69) is 63.6 Å². The van der Waals surface area contributed by atoms with Crippen molar-refractivity contribution in [3.05, 3.63) is 40.6 Å². The van der Waals surface area contributed by atoms with Gasteiger partial charge < -0.3 is 9.88 Å². The average molecular weight is 502 g/mol. The van der Waals surface area contributed by atoms with Gasteiger partial charge in [0.15, 0.2) is 0 Å². The van der Waals surface area contributed by atoms with Crippen LogP contribution in [0.25, 0.3) is 11.3 Å². The molecule has 0 unspecified atom stereocenters. The number of hydrogen-bond donors (Lipinski definition) is 2. The molecule has 194 valence electrons. The molecule has 7 heteroatoms. The van der Waals surface area contributed by atoms with Crippen molar-refractivity contribution < 1.29 is 13.2 Å². The fourth-order valence-electron chi connectivity index (χ4n) is 5.35. The zero-order chi connectivity index (χ0) is 26.3. The number of benzene rings is 1. The van der Waals surface area contributed by atoms with Gasteiger partial charge in [0.05, 0.1) is 0 Å². The Labute approximate surface area is 211 Å². The van der Waals surface area contributed by atoms with E-state index in [1.54, 1.807) is 13.1 Å². The largest absolute Gasteiger partial charge is 0.355 e. The van der Waals surface area contributed by atoms with E-state index in [4.69, 9.17) is 5.14 Å². The predicted molar refractivity (Wildman–Crippen MR) is 143 cm³/mol. The molecule has 0 atom stereocenters. The van der Waals surface area contributed by atoms with Gasteiger partial charge >= 0.3 is 0 Å². The van der Waals surface area contributed by atoms with Gasteiger partial charge in [0.1, 0.15) is 4.90 Å². The van der Waals surface area contributed by atoms with Crippen molar-refractivity contribution in [2.24, 2.45) is 11.1 Å². The number of amides is 1. The lowest BCUT2D eigenvalue weighted by Gasteiger charge is -2.31. The highest BCUT2D eigenvalue weighted by molar-refractivity contribution is 7.89. The molecule has 1 aromatic heterocycles. The molecule has 1 saturated carbocycles. The summed E-state index contributed by atoms with van der Waals surface area (Å²) in [6.45, 7) is 15.2. The Kier molecular flexibility index (Phi) is 7.64. The lowest BCUT2D eigenvalue weighted by Crippen LogP contribution is -2.29. The zero-order valence-corrected chi connectivity index (χ0v) is 23.5. The van der Waals surface area contributed by atoms with Crippen LogP contribution in [0.2, 0.25) is 0 Å². The molecule has 6 nitrogen and oxygen atoms in total. The Morgan fingerprint density at radius 1 is 1.00 bits per heavy atom. The maximum Gasteiger partial charge on any atom is 0.251 e. The van der Waals surface area contributed by atoms with E-state index in [0.29, 0.717) is 17.2 Å². The molecule has 0 spiro atoms. The number of aromatic nitrogens is 1. The molecule has 1 heterocycles. The molecule has 0 radical (unpaired) electrons. The van der Waals surface area contributed by atoms with E-state index in [-0.39, 0.29) is 21.6 Å². The van der Waals surface area contributed by atoms with Gasteiger partial charge in [0, 0.05) is 30.5 Å². The molecule has 1 aliphatic carbocycles. The first-order valence-electron chi connectivity index (χ1n) is 12.7. The minimum absolute atomic E-state index is 0.106. The molecule has 0 bridgehead atoms. The Balaban J connectivity index is 2.35. The summed E-state index contributed by atoms with van der Waals surface area (Å²) in [5.41, 5.74) is 4.44. The van der Waals surface area contributed by atoms with Crippen molar-refractivity contribution in [2.45, 2.75) is 103 Å². The first-order chi connectivity index (χ1) is 16.1. The molecule has 0 saturated heterocycles. The van der Waals surface area contributed by atoms with Crippen LogP contribution in [-0.4, -0.2) is 25.9 Å². The highest BCUT2D eigenvalue weighted by atomic mass is 32.2. The van der Waals surface area contributed by atoms with Crippen LogP contribution in [0.5, 0.6) is 0 Å². The predicted octanol–water partition coefficient (Wildman–Crippen LogP) is 5.65. The molecule has 35 heavy (non-hydrogen) atoms. The minimum atomic E-state index is -3.87. The lowest BCUT2D eigenvalue weighted by atomic mass is 9.74. The van der Waals surface area contributed by atoms with Crippen LogP contribution in [0.15, 0.2) is 23.1 Å². The molecule has 0 aliphatic heterocycles. The summed E-state index contributed by atoms with van der Waals surface area (Å²) in [6.07, 6.45) is 5.99. The lowest BCUT2D eigenvalue weighted by molar-refractivity contribution is 0.0958. The monoisotopic (exact) mass is 501 g/mol. The van der Waals surface area contributed by atoms with E-state index in [9.17, 15) is 13.2 Å². The summed E-state index contributed by atoms with van der Waals surface area (Å²) >= 11 is 0. The highest BCUT2D eigenvalue weighted by Crippen LogP contribution is 2.40.